The highest BCUT2D eigenvalue weighted by molar-refractivity contribution is 5.02. The Morgan fingerprint density at radius 1 is 1.00 bits per heavy atom. The first kappa shape index (κ1) is 12.8. The molecule has 3 aliphatic heterocycles. The Morgan fingerprint density at radius 3 is 2.39 bits per heavy atom. The van der Waals surface area contributed by atoms with Gasteiger partial charge in [-0.2, -0.15) is 0 Å². The molecule has 0 amide bonds. The molecule has 0 bridgehead atoms. The standard InChI is InChI=1S/C13H22O5/c1-6-13-10(17-12(4,5)18-13)9-8(7-14-13)15-11(2,3)16-9/h8-10H,6-7H2,1-5H3/t8?,9?,10-,13?/m0/s1. The van der Waals surface area contributed by atoms with Gasteiger partial charge in [0.25, 0.3) is 0 Å². The maximum atomic E-state index is 6.00. The molecule has 0 aromatic carbocycles. The van der Waals surface area contributed by atoms with Gasteiger partial charge in [-0.15, -0.1) is 0 Å². The van der Waals surface area contributed by atoms with Crippen LogP contribution in [0.25, 0.3) is 0 Å². The maximum Gasteiger partial charge on any atom is 0.200 e. The van der Waals surface area contributed by atoms with Crippen molar-refractivity contribution in [3.05, 3.63) is 0 Å². The molecule has 3 heterocycles. The van der Waals surface area contributed by atoms with Crippen LogP contribution in [0, 0.1) is 0 Å². The van der Waals surface area contributed by atoms with E-state index in [1.807, 2.05) is 34.6 Å². The molecular weight excluding hydrogens is 236 g/mol. The van der Waals surface area contributed by atoms with Crippen molar-refractivity contribution >= 4 is 0 Å². The van der Waals surface area contributed by atoms with Crippen LogP contribution >= 0.6 is 0 Å². The molecule has 3 rings (SSSR count). The van der Waals surface area contributed by atoms with E-state index in [9.17, 15) is 0 Å². The van der Waals surface area contributed by atoms with Gasteiger partial charge in [-0.25, -0.2) is 0 Å². The molecule has 18 heavy (non-hydrogen) atoms. The molecule has 0 aromatic heterocycles. The van der Waals surface area contributed by atoms with E-state index in [1.165, 1.54) is 0 Å². The molecule has 104 valence electrons. The highest BCUT2D eigenvalue weighted by Gasteiger charge is 2.64. The van der Waals surface area contributed by atoms with Gasteiger partial charge < -0.3 is 23.7 Å². The second-order valence-corrected chi connectivity index (χ2v) is 6.16. The average molecular weight is 258 g/mol. The van der Waals surface area contributed by atoms with Crippen molar-refractivity contribution in [2.75, 3.05) is 6.61 Å². The third-order valence-corrected chi connectivity index (χ3v) is 3.77. The van der Waals surface area contributed by atoms with E-state index in [4.69, 9.17) is 23.7 Å². The van der Waals surface area contributed by atoms with Crippen LogP contribution in [0.4, 0.5) is 0 Å². The zero-order valence-electron chi connectivity index (χ0n) is 11.7. The lowest BCUT2D eigenvalue weighted by Crippen LogP contribution is -2.58. The summed E-state index contributed by atoms with van der Waals surface area (Å²) in [6.07, 6.45) is 0.282. The number of rotatable bonds is 1. The van der Waals surface area contributed by atoms with Crippen molar-refractivity contribution in [3.8, 4) is 0 Å². The summed E-state index contributed by atoms with van der Waals surface area (Å²) >= 11 is 0. The Balaban J connectivity index is 1.90. The monoisotopic (exact) mass is 258 g/mol. The lowest BCUT2D eigenvalue weighted by molar-refractivity contribution is -0.282. The van der Waals surface area contributed by atoms with Crippen LogP contribution in [0.1, 0.15) is 41.0 Å². The topological polar surface area (TPSA) is 46.2 Å². The first-order valence-electron chi connectivity index (χ1n) is 6.64. The van der Waals surface area contributed by atoms with Gasteiger partial charge in [0.1, 0.15) is 18.3 Å². The van der Waals surface area contributed by atoms with Crippen molar-refractivity contribution < 1.29 is 23.7 Å². The van der Waals surface area contributed by atoms with E-state index >= 15 is 0 Å². The summed E-state index contributed by atoms with van der Waals surface area (Å²) in [6.45, 7) is 10.2. The lowest BCUT2D eigenvalue weighted by atomic mass is 9.95. The van der Waals surface area contributed by atoms with Crippen molar-refractivity contribution in [1.82, 2.24) is 0 Å². The minimum atomic E-state index is -0.700. The van der Waals surface area contributed by atoms with E-state index in [0.717, 1.165) is 6.42 Å². The second kappa shape index (κ2) is 3.67. The summed E-state index contributed by atoms with van der Waals surface area (Å²) < 4.78 is 29.7. The number of hydrogen-bond acceptors (Lipinski definition) is 5. The van der Waals surface area contributed by atoms with Crippen molar-refractivity contribution in [2.45, 2.75) is 76.7 Å². The van der Waals surface area contributed by atoms with E-state index in [2.05, 4.69) is 0 Å². The van der Waals surface area contributed by atoms with Crippen LogP contribution < -0.4 is 0 Å². The van der Waals surface area contributed by atoms with Crippen LogP contribution in [-0.2, 0) is 23.7 Å². The fraction of sp³-hybridized carbons (Fsp3) is 1.00. The zero-order chi connectivity index (χ0) is 13.2. The van der Waals surface area contributed by atoms with Gasteiger partial charge in [-0.05, 0) is 27.7 Å². The average Bonchev–Trinajstić information content (AvgIpc) is 2.70. The highest BCUT2D eigenvalue weighted by Crippen LogP contribution is 2.48. The number of fused-ring (bicyclic) bond motifs is 3. The molecule has 4 atom stereocenters. The fourth-order valence-electron chi connectivity index (χ4n) is 3.17. The Bertz CT molecular complexity index is 353. The van der Waals surface area contributed by atoms with Gasteiger partial charge in [0, 0.05) is 6.42 Å². The lowest BCUT2D eigenvalue weighted by Gasteiger charge is -2.40. The zero-order valence-corrected chi connectivity index (χ0v) is 11.7. The SMILES string of the molecule is CCC12OCC3OC(C)(C)OC3[C@@H]1OC(C)(C)O2. The quantitative estimate of drug-likeness (QED) is 0.717. The molecule has 3 fully saturated rings. The summed E-state index contributed by atoms with van der Waals surface area (Å²) in [6, 6.07) is 0. The third-order valence-electron chi connectivity index (χ3n) is 3.77. The molecule has 3 unspecified atom stereocenters. The van der Waals surface area contributed by atoms with E-state index in [-0.39, 0.29) is 18.3 Å². The summed E-state index contributed by atoms with van der Waals surface area (Å²) in [7, 11) is 0. The van der Waals surface area contributed by atoms with Crippen LogP contribution in [-0.4, -0.2) is 42.3 Å². The second-order valence-electron chi connectivity index (χ2n) is 6.16. The van der Waals surface area contributed by atoms with Gasteiger partial charge in [0.05, 0.1) is 6.61 Å². The minimum absolute atomic E-state index is 0.0813. The molecule has 0 spiro atoms. The first-order valence-corrected chi connectivity index (χ1v) is 6.64. The van der Waals surface area contributed by atoms with Gasteiger partial charge in [-0.3, -0.25) is 0 Å². The molecule has 3 saturated heterocycles. The van der Waals surface area contributed by atoms with Crippen molar-refractivity contribution in [2.24, 2.45) is 0 Å². The van der Waals surface area contributed by atoms with Crippen molar-refractivity contribution in [1.29, 1.82) is 0 Å². The smallest absolute Gasteiger partial charge is 0.200 e. The summed E-state index contributed by atoms with van der Waals surface area (Å²) in [5.41, 5.74) is 0. The maximum absolute atomic E-state index is 6.00. The predicted molar refractivity (Wildman–Crippen MR) is 62.8 cm³/mol. The molecule has 0 aliphatic carbocycles. The predicted octanol–water partition coefficient (Wildman–Crippen LogP) is 1.79. The number of ether oxygens (including phenoxy) is 5. The number of hydrogen-bond donors (Lipinski definition) is 0. The van der Waals surface area contributed by atoms with Gasteiger partial charge in [0.2, 0.25) is 0 Å². The highest BCUT2D eigenvalue weighted by atomic mass is 16.9. The summed E-state index contributed by atoms with van der Waals surface area (Å²) in [5, 5.41) is 0. The first-order chi connectivity index (χ1) is 8.27. The Morgan fingerprint density at radius 2 is 1.72 bits per heavy atom. The van der Waals surface area contributed by atoms with Crippen molar-refractivity contribution in [3.63, 3.8) is 0 Å². The summed E-state index contributed by atoms with van der Waals surface area (Å²) in [4.78, 5) is 0. The normalized spacial score (nSPS) is 48.8. The van der Waals surface area contributed by atoms with E-state index in [0.29, 0.717) is 6.61 Å². The molecule has 5 nitrogen and oxygen atoms in total. The van der Waals surface area contributed by atoms with E-state index < -0.39 is 17.4 Å². The fourth-order valence-corrected chi connectivity index (χ4v) is 3.17. The van der Waals surface area contributed by atoms with Gasteiger partial charge in [0.15, 0.2) is 17.4 Å². The van der Waals surface area contributed by atoms with Gasteiger partial charge in [-0.1, -0.05) is 6.92 Å². The van der Waals surface area contributed by atoms with Crippen LogP contribution in [0.3, 0.4) is 0 Å². The Hall–Kier alpha value is -0.200. The molecule has 0 saturated carbocycles. The van der Waals surface area contributed by atoms with Crippen LogP contribution in [0.15, 0.2) is 0 Å². The van der Waals surface area contributed by atoms with Crippen LogP contribution in [0.2, 0.25) is 0 Å². The molecular formula is C13H22O5. The molecule has 0 aromatic rings. The Labute approximate surface area is 108 Å². The Kier molecular flexibility index (Phi) is 2.61. The minimum Gasteiger partial charge on any atom is -0.344 e. The van der Waals surface area contributed by atoms with Crippen LogP contribution in [0.5, 0.6) is 0 Å². The van der Waals surface area contributed by atoms with Gasteiger partial charge >= 0.3 is 0 Å². The third kappa shape index (κ3) is 1.80. The molecule has 0 radical (unpaired) electrons. The molecule has 5 heteroatoms. The molecule has 0 N–H and O–H groups in total. The molecule has 3 aliphatic rings. The van der Waals surface area contributed by atoms with E-state index in [1.54, 1.807) is 0 Å². The largest absolute Gasteiger partial charge is 0.344 e. The summed E-state index contributed by atoms with van der Waals surface area (Å²) in [5.74, 6) is -1.93.